The fourth-order valence-electron chi connectivity index (χ4n) is 1.38. The predicted octanol–water partition coefficient (Wildman–Crippen LogP) is 2.86. The number of nitrogens with two attached hydrogens (primary N) is 1. The number of rotatable bonds is 1. The molecule has 0 saturated carbocycles. The molecule has 0 atom stereocenters. The van der Waals surface area contributed by atoms with E-state index in [0.29, 0.717) is 22.1 Å². The molecule has 0 unspecified atom stereocenters. The molecule has 2 aromatic rings. The minimum Gasteiger partial charge on any atom is -0.397 e. The fraction of sp³-hybridized carbons (Fsp3) is 0. The highest BCUT2D eigenvalue weighted by atomic mass is 35.5. The van der Waals surface area contributed by atoms with Crippen LogP contribution < -0.4 is 5.73 Å². The van der Waals surface area contributed by atoms with Crippen molar-refractivity contribution in [1.29, 1.82) is 5.26 Å². The summed E-state index contributed by atoms with van der Waals surface area (Å²) in [6.45, 7) is 0. The molecule has 0 aliphatic heterocycles. The van der Waals surface area contributed by atoms with Gasteiger partial charge < -0.3 is 5.73 Å². The number of hydrogen-bond acceptors (Lipinski definition) is 3. The Morgan fingerprint density at radius 1 is 1.12 bits per heavy atom. The van der Waals surface area contributed by atoms with Gasteiger partial charge in [0.2, 0.25) is 0 Å². The minimum atomic E-state index is 0.397. The first-order chi connectivity index (χ1) is 7.70. The maximum Gasteiger partial charge on any atom is 0.129 e. The molecule has 0 aliphatic rings. The molecule has 2 N–H and O–H groups in total. The molecular formula is C12H8ClN3. The van der Waals surface area contributed by atoms with Crippen LogP contribution >= 0.6 is 11.6 Å². The Labute approximate surface area is 98.1 Å². The third kappa shape index (κ3) is 1.97. The largest absolute Gasteiger partial charge is 0.397 e. The van der Waals surface area contributed by atoms with Crippen molar-refractivity contribution >= 4 is 17.3 Å². The maximum atomic E-state index is 8.69. The van der Waals surface area contributed by atoms with Crippen molar-refractivity contribution in [3.05, 3.63) is 47.1 Å². The van der Waals surface area contributed by atoms with Crippen molar-refractivity contribution in [3.8, 4) is 17.3 Å². The second kappa shape index (κ2) is 4.21. The Kier molecular flexibility index (Phi) is 2.76. The summed E-state index contributed by atoms with van der Waals surface area (Å²) >= 11 is 5.81. The van der Waals surface area contributed by atoms with E-state index in [1.165, 1.54) is 0 Å². The van der Waals surface area contributed by atoms with Crippen LogP contribution in [-0.4, -0.2) is 4.98 Å². The van der Waals surface area contributed by atoms with Gasteiger partial charge in [0, 0.05) is 5.56 Å². The Bertz CT molecular complexity index is 555. The molecule has 16 heavy (non-hydrogen) atoms. The van der Waals surface area contributed by atoms with Crippen LogP contribution in [0.15, 0.2) is 36.4 Å². The summed E-state index contributed by atoms with van der Waals surface area (Å²) in [5.74, 6) is 0. The van der Waals surface area contributed by atoms with Crippen molar-refractivity contribution in [2.75, 3.05) is 5.73 Å². The van der Waals surface area contributed by atoms with E-state index >= 15 is 0 Å². The van der Waals surface area contributed by atoms with Gasteiger partial charge >= 0.3 is 0 Å². The second-order valence-electron chi connectivity index (χ2n) is 3.26. The van der Waals surface area contributed by atoms with Crippen molar-refractivity contribution in [2.45, 2.75) is 0 Å². The third-order valence-corrected chi connectivity index (χ3v) is 2.39. The van der Waals surface area contributed by atoms with E-state index in [4.69, 9.17) is 22.6 Å². The fourth-order valence-corrected chi connectivity index (χ4v) is 1.53. The first-order valence-corrected chi connectivity index (χ1v) is 5.01. The average molecular weight is 230 g/mol. The molecule has 0 aliphatic carbocycles. The molecule has 1 aromatic heterocycles. The normalized spacial score (nSPS) is 9.75. The molecule has 0 radical (unpaired) electrons. The van der Waals surface area contributed by atoms with Gasteiger partial charge in [-0.15, -0.1) is 0 Å². The number of nitrogens with zero attached hydrogens (tertiary/aromatic N) is 2. The molecule has 0 fully saturated rings. The zero-order valence-corrected chi connectivity index (χ0v) is 9.07. The molecule has 0 amide bonds. The van der Waals surface area contributed by atoms with E-state index in [0.717, 1.165) is 5.56 Å². The quantitative estimate of drug-likeness (QED) is 0.765. The first kappa shape index (κ1) is 10.5. The molecule has 78 valence electrons. The van der Waals surface area contributed by atoms with E-state index in [2.05, 4.69) is 11.1 Å². The molecule has 0 bridgehead atoms. The van der Waals surface area contributed by atoms with Crippen LogP contribution in [0.3, 0.4) is 0 Å². The highest BCUT2D eigenvalue weighted by Gasteiger charge is 2.05. The molecular weight excluding hydrogens is 222 g/mol. The first-order valence-electron chi connectivity index (χ1n) is 4.63. The molecule has 3 nitrogen and oxygen atoms in total. The van der Waals surface area contributed by atoms with E-state index in [9.17, 15) is 0 Å². The highest BCUT2D eigenvalue weighted by Crippen LogP contribution is 2.25. The summed E-state index contributed by atoms with van der Waals surface area (Å²) in [4.78, 5) is 4.16. The number of anilines is 1. The van der Waals surface area contributed by atoms with Crippen LogP contribution in [0.4, 0.5) is 5.69 Å². The van der Waals surface area contributed by atoms with Crippen molar-refractivity contribution in [1.82, 2.24) is 4.98 Å². The van der Waals surface area contributed by atoms with E-state index in [1.54, 1.807) is 36.4 Å². The Morgan fingerprint density at radius 2 is 1.81 bits per heavy atom. The second-order valence-corrected chi connectivity index (χ2v) is 3.65. The zero-order valence-electron chi connectivity index (χ0n) is 8.31. The molecule has 1 heterocycles. The summed E-state index contributed by atoms with van der Waals surface area (Å²) in [5.41, 5.74) is 8.45. The van der Waals surface area contributed by atoms with Crippen LogP contribution in [0.25, 0.3) is 11.3 Å². The summed E-state index contributed by atoms with van der Waals surface area (Å²) in [7, 11) is 0. The molecule has 1 aromatic carbocycles. The highest BCUT2D eigenvalue weighted by molar-refractivity contribution is 6.29. The topological polar surface area (TPSA) is 62.7 Å². The van der Waals surface area contributed by atoms with Crippen LogP contribution in [0.5, 0.6) is 0 Å². The number of nitrogen functional groups attached to an aromatic ring is 1. The van der Waals surface area contributed by atoms with Crippen LogP contribution in [0, 0.1) is 11.3 Å². The lowest BCUT2D eigenvalue weighted by atomic mass is 10.1. The average Bonchev–Trinajstić information content (AvgIpc) is 2.32. The van der Waals surface area contributed by atoms with Gasteiger partial charge in [0.25, 0.3) is 0 Å². The molecule has 0 spiro atoms. The van der Waals surface area contributed by atoms with E-state index in [-0.39, 0.29) is 0 Å². The van der Waals surface area contributed by atoms with E-state index < -0.39 is 0 Å². The third-order valence-electron chi connectivity index (χ3n) is 2.18. The van der Waals surface area contributed by atoms with Gasteiger partial charge in [0.1, 0.15) is 5.15 Å². The lowest BCUT2D eigenvalue weighted by Gasteiger charge is -2.04. The SMILES string of the molecule is N#Cc1ccc(-c2nc(Cl)ccc2N)cc1. The Morgan fingerprint density at radius 3 is 2.44 bits per heavy atom. The predicted molar refractivity (Wildman–Crippen MR) is 63.8 cm³/mol. The van der Waals surface area contributed by atoms with Gasteiger partial charge in [0.15, 0.2) is 0 Å². The number of aromatic nitrogens is 1. The van der Waals surface area contributed by atoms with Gasteiger partial charge in [-0.3, -0.25) is 0 Å². The summed E-state index contributed by atoms with van der Waals surface area (Å²) < 4.78 is 0. The Balaban J connectivity index is 2.50. The van der Waals surface area contributed by atoms with Gasteiger partial charge in [-0.2, -0.15) is 5.26 Å². The van der Waals surface area contributed by atoms with Crippen LogP contribution in [0.2, 0.25) is 5.15 Å². The van der Waals surface area contributed by atoms with Gasteiger partial charge in [-0.05, 0) is 24.3 Å². The lowest BCUT2D eigenvalue weighted by Crippen LogP contribution is -1.93. The number of halogens is 1. The summed E-state index contributed by atoms with van der Waals surface area (Å²) in [6, 6.07) is 12.4. The molecule has 4 heteroatoms. The monoisotopic (exact) mass is 229 g/mol. The van der Waals surface area contributed by atoms with Gasteiger partial charge in [-0.1, -0.05) is 23.7 Å². The number of pyridine rings is 1. The minimum absolute atomic E-state index is 0.397. The van der Waals surface area contributed by atoms with Crippen molar-refractivity contribution in [3.63, 3.8) is 0 Å². The van der Waals surface area contributed by atoms with Crippen molar-refractivity contribution < 1.29 is 0 Å². The van der Waals surface area contributed by atoms with Gasteiger partial charge in [-0.25, -0.2) is 4.98 Å². The van der Waals surface area contributed by atoms with E-state index in [1.807, 2.05) is 0 Å². The summed E-state index contributed by atoms with van der Waals surface area (Å²) in [6.07, 6.45) is 0. The van der Waals surface area contributed by atoms with Crippen LogP contribution in [-0.2, 0) is 0 Å². The number of hydrogen-bond donors (Lipinski definition) is 1. The number of benzene rings is 1. The standard InChI is InChI=1S/C12H8ClN3/c13-11-6-5-10(15)12(16-11)9-3-1-8(7-14)2-4-9/h1-6H,15H2. The van der Waals surface area contributed by atoms with Crippen LogP contribution in [0.1, 0.15) is 5.56 Å². The Hall–Kier alpha value is -2.05. The molecule has 0 saturated heterocycles. The summed E-state index contributed by atoms with van der Waals surface area (Å²) in [5, 5.41) is 9.08. The maximum absolute atomic E-state index is 8.69. The lowest BCUT2D eigenvalue weighted by molar-refractivity contribution is 1.33. The zero-order chi connectivity index (χ0) is 11.5. The smallest absolute Gasteiger partial charge is 0.129 e. The molecule has 2 rings (SSSR count). The number of nitriles is 1. The van der Waals surface area contributed by atoms with Gasteiger partial charge in [0.05, 0.1) is 23.0 Å². The van der Waals surface area contributed by atoms with Crippen molar-refractivity contribution in [2.24, 2.45) is 0 Å².